The van der Waals surface area contributed by atoms with E-state index in [4.69, 9.17) is 11.6 Å². The van der Waals surface area contributed by atoms with Gasteiger partial charge in [-0.2, -0.15) is 0 Å². The fraction of sp³-hybridized carbons (Fsp3) is 0.538. The van der Waals surface area contributed by atoms with E-state index in [0.717, 1.165) is 44.1 Å². The molecule has 1 aliphatic heterocycles. The molecule has 0 radical (unpaired) electrons. The van der Waals surface area contributed by atoms with Crippen LogP contribution in [0.25, 0.3) is 0 Å². The minimum Gasteiger partial charge on any atom is -0.317 e. The molecule has 2 N–H and O–H groups in total. The molecule has 1 aromatic rings. The maximum absolute atomic E-state index is 12.3. The molecule has 1 aliphatic rings. The second kappa shape index (κ2) is 6.49. The first-order valence-electron chi connectivity index (χ1n) is 6.88. The van der Waals surface area contributed by atoms with E-state index in [-0.39, 0.29) is 21.0 Å². The van der Waals surface area contributed by atoms with Crippen LogP contribution < -0.4 is 10.0 Å². The van der Waals surface area contributed by atoms with Crippen LogP contribution in [0.4, 0.5) is 5.69 Å². The Hall–Kier alpha value is -1.22. The molecule has 2 rings (SSSR count). The van der Waals surface area contributed by atoms with E-state index in [0.29, 0.717) is 6.54 Å². The third kappa shape index (κ3) is 3.95. The maximum atomic E-state index is 12.3. The molecule has 0 unspecified atom stereocenters. The van der Waals surface area contributed by atoms with Crippen LogP contribution in [0.5, 0.6) is 0 Å². The van der Waals surface area contributed by atoms with Gasteiger partial charge >= 0.3 is 0 Å². The van der Waals surface area contributed by atoms with Crippen LogP contribution in [0.2, 0.25) is 5.02 Å². The Morgan fingerprint density at radius 1 is 1.41 bits per heavy atom. The van der Waals surface area contributed by atoms with Crippen LogP contribution in [0.3, 0.4) is 0 Å². The topological polar surface area (TPSA) is 101 Å². The highest BCUT2D eigenvalue weighted by molar-refractivity contribution is 7.89. The van der Waals surface area contributed by atoms with E-state index >= 15 is 0 Å². The molecule has 0 spiro atoms. The average Bonchev–Trinajstić information content (AvgIpc) is 2.46. The van der Waals surface area contributed by atoms with Crippen molar-refractivity contribution < 1.29 is 13.3 Å². The molecule has 0 saturated carbocycles. The molecule has 22 heavy (non-hydrogen) atoms. The summed E-state index contributed by atoms with van der Waals surface area (Å²) in [7, 11) is -3.80. The third-order valence-electron chi connectivity index (χ3n) is 3.92. The minimum atomic E-state index is -3.80. The molecular formula is C13H18ClN3O4S. The molecule has 0 bridgehead atoms. The lowest BCUT2D eigenvalue weighted by atomic mass is 9.81. The molecule has 0 atom stereocenters. The van der Waals surface area contributed by atoms with Gasteiger partial charge in [0.2, 0.25) is 10.0 Å². The molecular weight excluding hydrogens is 330 g/mol. The zero-order valence-electron chi connectivity index (χ0n) is 12.1. The number of sulfonamides is 1. The Kier molecular flexibility index (Phi) is 5.06. The van der Waals surface area contributed by atoms with Gasteiger partial charge in [-0.15, -0.1) is 0 Å². The number of benzene rings is 1. The summed E-state index contributed by atoms with van der Waals surface area (Å²) >= 11 is 5.88. The van der Waals surface area contributed by atoms with Crippen molar-refractivity contribution in [2.24, 2.45) is 5.41 Å². The predicted molar refractivity (Wildman–Crippen MR) is 83.5 cm³/mol. The van der Waals surface area contributed by atoms with Crippen LogP contribution >= 0.6 is 11.6 Å². The molecule has 122 valence electrons. The fourth-order valence-electron chi connectivity index (χ4n) is 2.38. The number of nitrogens with one attached hydrogen (secondary N) is 2. The minimum absolute atomic E-state index is 0.106. The van der Waals surface area contributed by atoms with Crippen LogP contribution in [0.1, 0.15) is 19.8 Å². The van der Waals surface area contributed by atoms with Gasteiger partial charge < -0.3 is 5.32 Å². The Bertz CT molecular complexity index is 672. The van der Waals surface area contributed by atoms with Crippen molar-refractivity contribution in [1.29, 1.82) is 0 Å². The number of halogens is 1. The number of non-ortho nitro benzene ring substituents is 1. The zero-order valence-corrected chi connectivity index (χ0v) is 13.7. The van der Waals surface area contributed by atoms with Gasteiger partial charge in [0, 0.05) is 18.7 Å². The van der Waals surface area contributed by atoms with Gasteiger partial charge in [-0.25, -0.2) is 13.1 Å². The summed E-state index contributed by atoms with van der Waals surface area (Å²) < 4.78 is 27.2. The lowest BCUT2D eigenvalue weighted by molar-refractivity contribution is -0.384. The van der Waals surface area contributed by atoms with Gasteiger partial charge in [0.05, 0.1) is 9.95 Å². The number of nitro benzene ring substituents is 1. The highest BCUT2D eigenvalue weighted by Gasteiger charge is 2.29. The van der Waals surface area contributed by atoms with Crippen molar-refractivity contribution in [2.45, 2.75) is 24.7 Å². The number of rotatable bonds is 5. The standard InChI is InChI=1S/C13H18ClN3O4S/c1-13(4-6-15-7-5-13)9-16-22(20,21)12-3-2-10(17(18)19)8-11(12)14/h2-3,8,15-16H,4-7,9H2,1H3. The van der Waals surface area contributed by atoms with Gasteiger partial charge in [0.1, 0.15) is 4.90 Å². The number of nitro groups is 1. The lowest BCUT2D eigenvalue weighted by Gasteiger charge is -2.34. The number of hydrogen-bond acceptors (Lipinski definition) is 5. The molecule has 9 heteroatoms. The second-order valence-corrected chi connectivity index (χ2v) is 7.90. The van der Waals surface area contributed by atoms with Crippen LogP contribution in [-0.4, -0.2) is 33.0 Å². The normalized spacial score (nSPS) is 18.1. The van der Waals surface area contributed by atoms with E-state index in [1.807, 2.05) is 6.92 Å². The molecule has 0 aromatic heterocycles. The maximum Gasteiger partial charge on any atom is 0.271 e. The molecule has 1 fully saturated rings. The SMILES string of the molecule is CC1(CNS(=O)(=O)c2ccc([N+](=O)[O-])cc2Cl)CCNCC1. The van der Waals surface area contributed by atoms with Crippen molar-refractivity contribution in [3.63, 3.8) is 0 Å². The quantitative estimate of drug-likeness (QED) is 0.626. The Labute approximate surface area is 134 Å². The summed E-state index contributed by atoms with van der Waals surface area (Å²) in [5, 5.41) is 13.7. The zero-order chi connectivity index (χ0) is 16.4. The highest BCUT2D eigenvalue weighted by Crippen LogP contribution is 2.29. The largest absolute Gasteiger partial charge is 0.317 e. The first-order valence-corrected chi connectivity index (χ1v) is 8.74. The predicted octanol–water partition coefficient (Wildman–Crippen LogP) is 1.92. The number of hydrogen-bond donors (Lipinski definition) is 2. The van der Waals surface area contributed by atoms with Crippen LogP contribution in [0, 0.1) is 15.5 Å². The van der Waals surface area contributed by atoms with Crippen LogP contribution in [0.15, 0.2) is 23.1 Å². The average molecular weight is 348 g/mol. The summed E-state index contributed by atoms with van der Waals surface area (Å²) in [5.74, 6) is 0. The molecule has 0 amide bonds. The van der Waals surface area contributed by atoms with Crippen molar-refractivity contribution in [3.05, 3.63) is 33.3 Å². The molecule has 0 aliphatic carbocycles. The van der Waals surface area contributed by atoms with Crippen molar-refractivity contribution in [3.8, 4) is 0 Å². The highest BCUT2D eigenvalue weighted by atomic mass is 35.5. The summed E-state index contributed by atoms with van der Waals surface area (Å²) in [4.78, 5) is 9.90. The van der Waals surface area contributed by atoms with Gasteiger partial charge in [-0.3, -0.25) is 10.1 Å². The summed E-state index contributed by atoms with van der Waals surface area (Å²) in [6, 6.07) is 3.34. The van der Waals surface area contributed by atoms with Gasteiger partial charge in [-0.1, -0.05) is 18.5 Å². The summed E-state index contributed by atoms with van der Waals surface area (Å²) in [6.45, 7) is 4.06. The van der Waals surface area contributed by atoms with E-state index in [1.165, 1.54) is 0 Å². The van der Waals surface area contributed by atoms with Crippen LogP contribution in [-0.2, 0) is 10.0 Å². The van der Waals surface area contributed by atoms with Crippen molar-refractivity contribution >= 4 is 27.3 Å². The van der Waals surface area contributed by atoms with Gasteiger partial charge in [0.15, 0.2) is 0 Å². The summed E-state index contributed by atoms with van der Waals surface area (Å²) in [5.41, 5.74) is -0.347. The van der Waals surface area contributed by atoms with E-state index in [1.54, 1.807) is 0 Å². The Balaban J connectivity index is 2.15. The number of piperidine rings is 1. The Morgan fingerprint density at radius 2 is 2.05 bits per heavy atom. The Morgan fingerprint density at radius 3 is 2.59 bits per heavy atom. The molecule has 1 saturated heterocycles. The van der Waals surface area contributed by atoms with Gasteiger partial charge in [-0.05, 0) is 37.4 Å². The molecule has 1 heterocycles. The summed E-state index contributed by atoms with van der Waals surface area (Å²) in [6.07, 6.45) is 1.76. The van der Waals surface area contributed by atoms with Gasteiger partial charge in [0.25, 0.3) is 5.69 Å². The second-order valence-electron chi connectivity index (χ2n) is 5.76. The fourth-order valence-corrected chi connectivity index (χ4v) is 4.11. The van der Waals surface area contributed by atoms with E-state index in [2.05, 4.69) is 10.0 Å². The first kappa shape index (κ1) is 17.1. The van der Waals surface area contributed by atoms with Crippen molar-refractivity contribution in [2.75, 3.05) is 19.6 Å². The number of nitrogens with zero attached hydrogens (tertiary/aromatic N) is 1. The lowest BCUT2D eigenvalue weighted by Crippen LogP contribution is -2.42. The third-order valence-corrected chi connectivity index (χ3v) is 5.80. The van der Waals surface area contributed by atoms with E-state index in [9.17, 15) is 18.5 Å². The molecule has 1 aromatic carbocycles. The monoisotopic (exact) mass is 347 g/mol. The van der Waals surface area contributed by atoms with Crippen molar-refractivity contribution in [1.82, 2.24) is 10.0 Å². The molecule has 7 nitrogen and oxygen atoms in total. The smallest absolute Gasteiger partial charge is 0.271 e. The van der Waals surface area contributed by atoms with E-state index < -0.39 is 14.9 Å². The first-order chi connectivity index (χ1) is 10.2.